The third-order valence-electron chi connectivity index (χ3n) is 3.19. The summed E-state index contributed by atoms with van der Waals surface area (Å²) in [4.78, 5) is 2.36. The minimum atomic E-state index is -0.234. The first-order valence-corrected chi connectivity index (χ1v) is 6.08. The Morgan fingerprint density at radius 3 is 2.76 bits per heavy atom. The second-order valence-corrected chi connectivity index (χ2v) is 4.49. The number of halogens is 1. The molecule has 1 atom stereocenters. The highest BCUT2D eigenvalue weighted by molar-refractivity contribution is 5.21. The Morgan fingerprint density at radius 1 is 1.35 bits per heavy atom. The normalized spacial score (nSPS) is 20.7. The molecule has 17 heavy (non-hydrogen) atoms. The number of hydrogen-bond donors (Lipinski definition) is 1. The van der Waals surface area contributed by atoms with Crippen LogP contribution in [0.3, 0.4) is 0 Å². The SMILES string of the molecule is NCC1CCN(CCOc2ccc(F)cc2)C1. The highest BCUT2D eigenvalue weighted by atomic mass is 19.1. The van der Waals surface area contributed by atoms with Crippen molar-refractivity contribution < 1.29 is 9.13 Å². The van der Waals surface area contributed by atoms with E-state index in [2.05, 4.69) is 4.90 Å². The van der Waals surface area contributed by atoms with E-state index in [1.54, 1.807) is 12.1 Å². The fraction of sp³-hybridized carbons (Fsp3) is 0.538. The van der Waals surface area contributed by atoms with Gasteiger partial charge in [-0.2, -0.15) is 0 Å². The topological polar surface area (TPSA) is 38.5 Å². The number of nitrogens with zero attached hydrogens (tertiary/aromatic N) is 1. The fourth-order valence-electron chi connectivity index (χ4n) is 2.13. The molecule has 0 spiro atoms. The molecule has 1 fully saturated rings. The third kappa shape index (κ3) is 3.68. The summed E-state index contributed by atoms with van der Waals surface area (Å²) in [5.74, 6) is 1.13. The van der Waals surface area contributed by atoms with Crippen molar-refractivity contribution in [2.24, 2.45) is 11.7 Å². The van der Waals surface area contributed by atoms with E-state index in [1.165, 1.54) is 18.6 Å². The highest BCUT2D eigenvalue weighted by Crippen LogP contribution is 2.15. The molecule has 1 unspecified atom stereocenters. The van der Waals surface area contributed by atoms with Gasteiger partial charge in [-0.25, -0.2) is 4.39 Å². The Morgan fingerprint density at radius 2 is 2.12 bits per heavy atom. The van der Waals surface area contributed by atoms with Crippen LogP contribution in [0.4, 0.5) is 4.39 Å². The maximum Gasteiger partial charge on any atom is 0.123 e. The molecule has 4 heteroatoms. The highest BCUT2D eigenvalue weighted by Gasteiger charge is 2.20. The third-order valence-corrected chi connectivity index (χ3v) is 3.19. The minimum absolute atomic E-state index is 0.234. The summed E-state index contributed by atoms with van der Waals surface area (Å²) in [6.45, 7) is 4.50. The molecule has 1 saturated heterocycles. The number of nitrogens with two attached hydrogens (primary N) is 1. The molecule has 2 rings (SSSR count). The standard InChI is InChI=1S/C13H19FN2O/c14-12-1-3-13(4-2-12)17-8-7-16-6-5-11(9-15)10-16/h1-4,11H,5-10,15H2. The fourth-order valence-corrected chi connectivity index (χ4v) is 2.13. The molecular formula is C13H19FN2O. The summed E-state index contributed by atoms with van der Waals surface area (Å²) < 4.78 is 18.2. The minimum Gasteiger partial charge on any atom is -0.492 e. The summed E-state index contributed by atoms with van der Waals surface area (Å²) in [6.07, 6.45) is 1.19. The van der Waals surface area contributed by atoms with Gasteiger partial charge in [0, 0.05) is 13.1 Å². The van der Waals surface area contributed by atoms with Crippen molar-refractivity contribution in [3.8, 4) is 5.75 Å². The lowest BCUT2D eigenvalue weighted by Gasteiger charge is -2.15. The summed E-state index contributed by atoms with van der Waals surface area (Å²) >= 11 is 0. The van der Waals surface area contributed by atoms with E-state index in [-0.39, 0.29) is 5.82 Å². The molecule has 0 saturated carbocycles. The molecule has 1 aliphatic heterocycles. The average Bonchev–Trinajstić information content (AvgIpc) is 2.80. The smallest absolute Gasteiger partial charge is 0.123 e. The molecule has 0 aromatic heterocycles. The van der Waals surface area contributed by atoms with Crippen molar-refractivity contribution in [1.29, 1.82) is 0 Å². The van der Waals surface area contributed by atoms with Crippen LogP contribution in [0.25, 0.3) is 0 Å². The van der Waals surface area contributed by atoms with Gasteiger partial charge in [0.25, 0.3) is 0 Å². The number of hydrogen-bond acceptors (Lipinski definition) is 3. The van der Waals surface area contributed by atoms with Gasteiger partial charge in [0.15, 0.2) is 0 Å². The van der Waals surface area contributed by atoms with Gasteiger partial charge in [-0.15, -0.1) is 0 Å². The zero-order valence-electron chi connectivity index (χ0n) is 9.94. The maximum absolute atomic E-state index is 12.7. The van der Waals surface area contributed by atoms with Crippen LogP contribution in [0, 0.1) is 11.7 Å². The molecule has 1 aromatic carbocycles. The summed E-state index contributed by atoms with van der Waals surface area (Å²) in [5.41, 5.74) is 5.64. The largest absolute Gasteiger partial charge is 0.492 e. The molecule has 1 heterocycles. The lowest BCUT2D eigenvalue weighted by molar-refractivity contribution is 0.233. The molecule has 3 nitrogen and oxygen atoms in total. The Kier molecular flexibility index (Phi) is 4.34. The van der Waals surface area contributed by atoms with E-state index >= 15 is 0 Å². The molecular weight excluding hydrogens is 219 g/mol. The number of ether oxygens (including phenoxy) is 1. The van der Waals surface area contributed by atoms with E-state index in [4.69, 9.17) is 10.5 Å². The van der Waals surface area contributed by atoms with Crippen LogP contribution in [0.15, 0.2) is 24.3 Å². The van der Waals surface area contributed by atoms with Crippen LogP contribution >= 0.6 is 0 Å². The van der Waals surface area contributed by atoms with Crippen molar-refractivity contribution in [2.45, 2.75) is 6.42 Å². The first-order chi connectivity index (χ1) is 8.28. The van der Waals surface area contributed by atoms with Gasteiger partial charge in [-0.05, 0) is 49.7 Å². The first-order valence-electron chi connectivity index (χ1n) is 6.08. The predicted molar refractivity (Wildman–Crippen MR) is 65.5 cm³/mol. The summed E-state index contributed by atoms with van der Waals surface area (Å²) in [7, 11) is 0. The second-order valence-electron chi connectivity index (χ2n) is 4.49. The lowest BCUT2D eigenvalue weighted by Crippen LogP contribution is -2.27. The number of rotatable bonds is 5. The van der Waals surface area contributed by atoms with E-state index in [1.807, 2.05) is 0 Å². The van der Waals surface area contributed by atoms with E-state index in [0.29, 0.717) is 12.5 Å². The average molecular weight is 238 g/mol. The van der Waals surface area contributed by atoms with E-state index in [9.17, 15) is 4.39 Å². The molecule has 0 aliphatic carbocycles. The Hall–Kier alpha value is -1.13. The zero-order valence-corrected chi connectivity index (χ0v) is 9.94. The van der Waals surface area contributed by atoms with Crippen molar-refractivity contribution in [3.63, 3.8) is 0 Å². The van der Waals surface area contributed by atoms with E-state index < -0.39 is 0 Å². The summed E-state index contributed by atoms with van der Waals surface area (Å²) in [6, 6.07) is 6.13. The molecule has 0 radical (unpaired) electrons. The van der Waals surface area contributed by atoms with Crippen LogP contribution in [0.5, 0.6) is 5.75 Å². The maximum atomic E-state index is 12.7. The predicted octanol–water partition coefficient (Wildman–Crippen LogP) is 1.49. The molecule has 94 valence electrons. The van der Waals surface area contributed by atoms with Crippen molar-refractivity contribution in [2.75, 3.05) is 32.8 Å². The summed E-state index contributed by atoms with van der Waals surface area (Å²) in [5, 5.41) is 0. The van der Waals surface area contributed by atoms with Crippen LogP contribution in [0.2, 0.25) is 0 Å². The Labute approximate surface area is 101 Å². The van der Waals surface area contributed by atoms with Crippen LogP contribution < -0.4 is 10.5 Å². The van der Waals surface area contributed by atoms with Gasteiger partial charge in [0.1, 0.15) is 18.2 Å². The first kappa shape index (κ1) is 12.3. The van der Waals surface area contributed by atoms with Crippen LogP contribution in [-0.2, 0) is 0 Å². The zero-order chi connectivity index (χ0) is 12.1. The second kappa shape index (κ2) is 5.98. The van der Waals surface area contributed by atoms with Gasteiger partial charge in [0.05, 0.1) is 0 Å². The van der Waals surface area contributed by atoms with Crippen LogP contribution in [0.1, 0.15) is 6.42 Å². The molecule has 1 aromatic rings. The Balaban J connectivity index is 1.68. The van der Waals surface area contributed by atoms with Gasteiger partial charge in [-0.1, -0.05) is 0 Å². The molecule has 0 bridgehead atoms. The quantitative estimate of drug-likeness (QED) is 0.844. The van der Waals surface area contributed by atoms with Crippen molar-refractivity contribution >= 4 is 0 Å². The van der Waals surface area contributed by atoms with Gasteiger partial charge >= 0.3 is 0 Å². The van der Waals surface area contributed by atoms with Gasteiger partial charge < -0.3 is 10.5 Å². The van der Waals surface area contributed by atoms with Crippen LogP contribution in [-0.4, -0.2) is 37.7 Å². The van der Waals surface area contributed by atoms with E-state index in [0.717, 1.165) is 31.9 Å². The molecule has 1 aliphatic rings. The molecule has 0 amide bonds. The molecule has 2 N–H and O–H groups in total. The van der Waals surface area contributed by atoms with Gasteiger partial charge in [0.2, 0.25) is 0 Å². The van der Waals surface area contributed by atoms with Gasteiger partial charge in [-0.3, -0.25) is 4.90 Å². The number of likely N-dealkylation sites (tertiary alicyclic amines) is 1. The Bertz CT molecular complexity index is 342. The van der Waals surface area contributed by atoms with Crippen molar-refractivity contribution in [3.05, 3.63) is 30.1 Å². The van der Waals surface area contributed by atoms with Crippen molar-refractivity contribution in [1.82, 2.24) is 4.90 Å². The number of benzene rings is 1. The monoisotopic (exact) mass is 238 g/mol. The lowest BCUT2D eigenvalue weighted by atomic mass is 10.1.